The predicted molar refractivity (Wildman–Crippen MR) is 85.9 cm³/mol. The van der Waals surface area contributed by atoms with Crippen LogP contribution in [-0.4, -0.2) is 65.8 Å². The van der Waals surface area contributed by atoms with Crippen molar-refractivity contribution < 1.29 is 5.11 Å². The lowest BCUT2D eigenvalue weighted by Gasteiger charge is -2.28. The normalized spacial score (nSPS) is 22.1. The summed E-state index contributed by atoms with van der Waals surface area (Å²) < 4.78 is 0. The first-order valence-corrected chi connectivity index (χ1v) is 7.68. The van der Waals surface area contributed by atoms with Gasteiger partial charge in [0, 0.05) is 37.4 Å². The topological polar surface area (TPSA) is 64.5 Å². The minimum absolute atomic E-state index is 0.280. The molecule has 21 heavy (non-hydrogen) atoms. The number of hydrogen-bond donors (Lipinski definition) is 2. The summed E-state index contributed by atoms with van der Waals surface area (Å²) in [5, 5.41) is 13.2. The zero-order valence-electron chi connectivity index (χ0n) is 13.5. The molecule has 0 aliphatic carbocycles. The molecule has 2 heterocycles. The van der Waals surface area contributed by atoms with Gasteiger partial charge >= 0.3 is 0 Å². The quantitative estimate of drug-likeness (QED) is 0.819. The summed E-state index contributed by atoms with van der Waals surface area (Å²) in [4.78, 5) is 13.4. The van der Waals surface area contributed by atoms with Crippen LogP contribution in [0.25, 0.3) is 0 Å². The van der Waals surface area contributed by atoms with Crippen molar-refractivity contribution in [2.45, 2.75) is 38.8 Å². The predicted octanol–water partition coefficient (Wildman–Crippen LogP) is 1.11. The number of hydrogen-bond acceptors (Lipinski definition) is 6. The Kier molecular flexibility index (Phi) is 5.36. The van der Waals surface area contributed by atoms with Crippen molar-refractivity contribution in [2.24, 2.45) is 0 Å². The molecule has 118 valence electrons. The Balaban J connectivity index is 2.20. The van der Waals surface area contributed by atoms with Crippen molar-refractivity contribution in [3.05, 3.63) is 11.8 Å². The van der Waals surface area contributed by atoms with Gasteiger partial charge in [0.05, 0.1) is 6.10 Å². The smallest absolute Gasteiger partial charge is 0.224 e. The van der Waals surface area contributed by atoms with Crippen LogP contribution in [0.1, 0.15) is 25.5 Å². The van der Waals surface area contributed by atoms with Gasteiger partial charge in [0.2, 0.25) is 5.95 Å². The van der Waals surface area contributed by atoms with Gasteiger partial charge in [0.25, 0.3) is 0 Å². The summed E-state index contributed by atoms with van der Waals surface area (Å²) in [6.45, 7) is 6.52. The number of anilines is 2. The minimum Gasteiger partial charge on any atom is -0.391 e. The molecule has 2 N–H and O–H groups in total. The molecule has 0 aromatic carbocycles. The molecule has 0 radical (unpaired) electrons. The van der Waals surface area contributed by atoms with Crippen molar-refractivity contribution in [1.82, 2.24) is 14.9 Å². The third-order valence-corrected chi connectivity index (χ3v) is 3.64. The fourth-order valence-electron chi connectivity index (χ4n) is 2.78. The SMILES string of the molecule is CCCNc1nc(C)cc(N2CC(O)CC2CN(C)C)n1. The summed E-state index contributed by atoms with van der Waals surface area (Å²) in [6.07, 6.45) is 1.55. The van der Waals surface area contributed by atoms with Crippen molar-refractivity contribution in [3.63, 3.8) is 0 Å². The highest BCUT2D eigenvalue weighted by atomic mass is 16.3. The third-order valence-electron chi connectivity index (χ3n) is 3.64. The summed E-state index contributed by atoms with van der Waals surface area (Å²) >= 11 is 0. The van der Waals surface area contributed by atoms with E-state index in [1.807, 2.05) is 13.0 Å². The summed E-state index contributed by atoms with van der Waals surface area (Å²) in [7, 11) is 4.12. The van der Waals surface area contributed by atoms with Crippen molar-refractivity contribution in [3.8, 4) is 0 Å². The second kappa shape index (κ2) is 7.04. The molecule has 1 aromatic rings. The van der Waals surface area contributed by atoms with Crippen LogP contribution in [0.4, 0.5) is 11.8 Å². The van der Waals surface area contributed by atoms with Gasteiger partial charge in [-0.1, -0.05) is 6.92 Å². The average molecular weight is 293 g/mol. The molecule has 0 saturated carbocycles. The van der Waals surface area contributed by atoms with E-state index in [9.17, 15) is 5.11 Å². The Morgan fingerprint density at radius 2 is 2.19 bits per heavy atom. The van der Waals surface area contributed by atoms with E-state index in [1.165, 1.54) is 0 Å². The maximum Gasteiger partial charge on any atom is 0.224 e. The Morgan fingerprint density at radius 3 is 2.86 bits per heavy atom. The molecule has 0 bridgehead atoms. The number of rotatable bonds is 6. The van der Waals surface area contributed by atoms with E-state index >= 15 is 0 Å². The van der Waals surface area contributed by atoms with Crippen molar-refractivity contribution in [1.29, 1.82) is 0 Å². The monoisotopic (exact) mass is 293 g/mol. The molecule has 1 aliphatic rings. The Hall–Kier alpha value is -1.40. The summed E-state index contributed by atoms with van der Waals surface area (Å²) in [6, 6.07) is 2.29. The first kappa shape index (κ1) is 16.0. The molecule has 1 saturated heterocycles. The maximum absolute atomic E-state index is 10.0. The molecular formula is C15H27N5O. The molecule has 0 spiro atoms. The number of aliphatic hydroxyl groups excluding tert-OH is 1. The Bertz CT molecular complexity index is 465. The lowest BCUT2D eigenvalue weighted by atomic mass is 10.2. The van der Waals surface area contributed by atoms with Crippen LogP contribution in [0.2, 0.25) is 0 Å². The van der Waals surface area contributed by atoms with E-state index in [2.05, 4.69) is 46.1 Å². The second-order valence-corrected chi connectivity index (χ2v) is 6.08. The number of likely N-dealkylation sites (N-methyl/N-ethyl adjacent to an activating group) is 1. The van der Waals surface area contributed by atoms with Crippen molar-refractivity contribution >= 4 is 11.8 Å². The fraction of sp³-hybridized carbons (Fsp3) is 0.733. The molecule has 6 nitrogen and oxygen atoms in total. The van der Waals surface area contributed by atoms with Crippen LogP contribution in [-0.2, 0) is 0 Å². The molecular weight excluding hydrogens is 266 g/mol. The standard InChI is InChI=1S/C15H27N5O/c1-5-6-16-15-17-11(2)7-14(18-15)20-10-13(21)8-12(20)9-19(3)4/h7,12-13,21H,5-6,8-10H2,1-4H3,(H,16,17,18). The van der Waals surface area contributed by atoms with Crippen LogP contribution >= 0.6 is 0 Å². The van der Waals surface area contributed by atoms with Gasteiger partial charge in [0.1, 0.15) is 5.82 Å². The van der Waals surface area contributed by atoms with Crippen LogP contribution < -0.4 is 10.2 Å². The van der Waals surface area contributed by atoms with Gasteiger partial charge < -0.3 is 20.2 Å². The second-order valence-electron chi connectivity index (χ2n) is 6.08. The van der Waals surface area contributed by atoms with E-state index in [0.29, 0.717) is 18.5 Å². The molecule has 2 atom stereocenters. The van der Waals surface area contributed by atoms with Gasteiger partial charge in [-0.2, -0.15) is 4.98 Å². The van der Waals surface area contributed by atoms with E-state index in [-0.39, 0.29) is 6.10 Å². The third kappa shape index (κ3) is 4.28. The number of aromatic nitrogens is 2. The number of nitrogens with one attached hydrogen (secondary N) is 1. The number of aliphatic hydroxyl groups is 1. The number of nitrogens with zero attached hydrogens (tertiary/aromatic N) is 4. The molecule has 2 rings (SSSR count). The van der Waals surface area contributed by atoms with Gasteiger partial charge in [-0.15, -0.1) is 0 Å². The lowest BCUT2D eigenvalue weighted by molar-refractivity contribution is 0.191. The highest BCUT2D eigenvalue weighted by Gasteiger charge is 2.32. The Morgan fingerprint density at radius 1 is 1.43 bits per heavy atom. The van der Waals surface area contributed by atoms with Crippen LogP contribution in [0.15, 0.2) is 6.07 Å². The van der Waals surface area contributed by atoms with Crippen LogP contribution in [0.5, 0.6) is 0 Å². The van der Waals surface area contributed by atoms with Gasteiger partial charge in [-0.25, -0.2) is 4.98 Å². The molecule has 0 amide bonds. The summed E-state index contributed by atoms with van der Waals surface area (Å²) in [5.41, 5.74) is 0.948. The van der Waals surface area contributed by atoms with E-state index < -0.39 is 0 Å². The fourth-order valence-corrected chi connectivity index (χ4v) is 2.78. The number of β-amino-alcohol motifs (C(OH)–C–C–N with tert-alkyl or cyclic N) is 1. The molecule has 1 fully saturated rings. The largest absolute Gasteiger partial charge is 0.391 e. The van der Waals surface area contributed by atoms with E-state index in [4.69, 9.17) is 0 Å². The summed E-state index contributed by atoms with van der Waals surface area (Å²) in [5.74, 6) is 1.58. The van der Waals surface area contributed by atoms with E-state index in [0.717, 1.165) is 37.4 Å². The van der Waals surface area contributed by atoms with Gasteiger partial charge in [0.15, 0.2) is 0 Å². The zero-order chi connectivity index (χ0) is 15.4. The number of aryl methyl sites for hydroxylation is 1. The minimum atomic E-state index is -0.280. The van der Waals surface area contributed by atoms with E-state index in [1.54, 1.807) is 0 Å². The molecule has 6 heteroatoms. The highest BCUT2D eigenvalue weighted by Crippen LogP contribution is 2.26. The molecule has 1 aliphatic heterocycles. The van der Waals surface area contributed by atoms with Crippen molar-refractivity contribution in [2.75, 3.05) is 43.9 Å². The molecule has 1 aromatic heterocycles. The van der Waals surface area contributed by atoms with Crippen LogP contribution in [0.3, 0.4) is 0 Å². The lowest BCUT2D eigenvalue weighted by Crippen LogP contribution is -2.38. The van der Waals surface area contributed by atoms with Gasteiger partial charge in [-0.05, 0) is 33.9 Å². The molecule has 2 unspecified atom stereocenters. The Labute approximate surface area is 127 Å². The van der Waals surface area contributed by atoms with Gasteiger partial charge in [-0.3, -0.25) is 0 Å². The highest BCUT2D eigenvalue weighted by molar-refractivity contribution is 5.47. The average Bonchev–Trinajstić information content (AvgIpc) is 2.75. The first-order chi connectivity index (χ1) is 9.99. The van der Waals surface area contributed by atoms with Crippen LogP contribution in [0, 0.1) is 6.92 Å². The zero-order valence-corrected chi connectivity index (χ0v) is 13.5. The maximum atomic E-state index is 10.0. The first-order valence-electron chi connectivity index (χ1n) is 7.68.